The van der Waals surface area contributed by atoms with Gasteiger partial charge in [0.25, 0.3) is 5.91 Å². The Morgan fingerprint density at radius 3 is 2.44 bits per heavy atom. The topological polar surface area (TPSA) is 109 Å². The fraction of sp³-hybridized carbons (Fsp3) is 0.261. The summed E-state index contributed by atoms with van der Waals surface area (Å²) in [5, 5.41) is 21.7. The highest BCUT2D eigenvalue weighted by atomic mass is 19.1. The first-order valence-electron chi connectivity index (χ1n) is 9.87. The van der Waals surface area contributed by atoms with Gasteiger partial charge in [0.1, 0.15) is 5.82 Å². The Balaban J connectivity index is 2.12. The molecule has 0 fully saturated rings. The zero-order valence-electron chi connectivity index (χ0n) is 17.6. The van der Waals surface area contributed by atoms with Crippen molar-refractivity contribution in [2.24, 2.45) is 5.92 Å². The SMILES string of the molecule is Cc1c([C@H](C)C(=O)NCC(C)C(=O)O)c2cc(O)c(F)cc2n1C(=O)c1cccc(F)c1. The first-order valence-corrected chi connectivity index (χ1v) is 9.87. The van der Waals surface area contributed by atoms with Gasteiger partial charge in [-0.05, 0) is 43.7 Å². The van der Waals surface area contributed by atoms with Gasteiger partial charge in [-0.3, -0.25) is 19.0 Å². The quantitative estimate of drug-likeness (QED) is 0.539. The van der Waals surface area contributed by atoms with Crippen molar-refractivity contribution in [2.75, 3.05) is 6.54 Å². The van der Waals surface area contributed by atoms with Crippen molar-refractivity contribution < 1.29 is 33.4 Å². The molecule has 2 aromatic carbocycles. The lowest BCUT2D eigenvalue weighted by Crippen LogP contribution is -2.34. The zero-order valence-corrected chi connectivity index (χ0v) is 17.6. The number of carbonyl (C=O) groups is 3. The van der Waals surface area contributed by atoms with Crippen molar-refractivity contribution in [3.05, 3.63) is 64.9 Å². The number of amides is 1. The van der Waals surface area contributed by atoms with Crippen LogP contribution in [0.5, 0.6) is 5.75 Å². The number of hydrogen-bond donors (Lipinski definition) is 3. The highest BCUT2D eigenvalue weighted by molar-refractivity contribution is 6.05. The fourth-order valence-corrected chi connectivity index (χ4v) is 3.63. The van der Waals surface area contributed by atoms with Crippen LogP contribution < -0.4 is 5.32 Å². The first-order chi connectivity index (χ1) is 15.0. The van der Waals surface area contributed by atoms with Crippen molar-refractivity contribution in [3.8, 4) is 5.75 Å². The minimum absolute atomic E-state index is 0.0254. The van der Waals surface area contributed by atoms with Gasteiger partial charge in [0.05, 0.1) is 17.4 Å². The highest BCUT2D eigenvalue weighted by Gasteiger charge is 2.28. The van der Waals surface area contributed by atoms with Gasteiger partial charge in [-0.1, -0.05) is 13.0 Å². The van der Waals surface area contributed by atoms with E-state index in [0.29, 0.717) is 11.3 Å². The minimum Gasteiger partial charge on any atom is -0.505 e. The van der Waals surface area contributed by atoms with Crippen LogP contribution in [-0.4, -0.2) is 39.1 Å². The molecule has 0 bridgehead atoms. The maximum absolute atomic E-state index is 14.2. The van der Waals surface area contributed by atoms with Crippen LogP contribution in [0.4, 0.5) is 8.78 Å². The molecule has 3 N–H and O–H groups in total. The van der Waals surface area contributed by atoms with E-state index >= 15 is 0 Å². The van der Waals surface area contributed by atoms with Gasteiger partial charge in [-0.25, -0.2) is 8.78 Å². The Morgan fingerprint density at radius 2 is 1.81 bits per heavy atom. The van der Waals surface area contributed by atoms with E-state index in [9.17, 15) is 28.3 Å². The van der Waals surface area contributed by atoms with Gasteiger partial charge in [0.2, 0.25) is 5.91 Å². The van der Waals surface area contributed by atoms with Gasteiger partial charge >= 0.3 is 5.97 Å². The van der Waals surface area contributed by atoms with Crippen LogP contribution in [0.3, 0.4) is 0 Å². The average Bonchev–Trinajstić information content (AvgIpc) is 3.01. The standard InChI is InChI=1S/C23H22F2N2O5/c1-11(23(31)32)10-26-21(29)12(2)20-13(3)27(18-9-17(25)19(28)8-16(18)20)22(30)14-5-4-6-15(24)7-14/h4-9,11-12,28H,10H2,1-3H3,(H,26,29)(H,31,32)/t11?,12-/m0/s1. The summed E-state index contributed by atoms with van der Waals surface area (Å²) in [7, 11) is 0. The number of carboxylic acids is 1. The second kappa shape index (κ2) is 8.78. The van der Waals surface area contributed by atoms with E-state index in [0.717, 1.165) is 18.2 Å². The number of aromatic nitrogens is 1. The second-order valence-corrected chi connectivity index (χ2v) is 7.68. The number of hydrogen-bond acceptors (Lipinski definition) is 4. The van der Waals surface area contributed by atoms with Crippen LogP contribution in [-0.2, 0) is 9.59 Å². The Bertz CT molecular complexity index is 1230. The largest absolute Gasteiger partial charge is 0.505 e. The number of phenols is 1. The van der Waals surface area contributed by atoms with E-state index < -0.39 is 47.0 Å². The maximum Gasteiger partial charge on any atom is 0.308 e. The third kappa shape index (κ3) is 4.18. The monoisotopic (exact) mass is 444 g/mol. The number of fused-ring (bicyclic) bond motifs is 1. The van der Waals surface area contributed by atoms with Gasteiger partial charge in [0, 0.05) is 29.3 Å². The summed E-state index contributed by atoms with van der Waals surface area (Å²) in [4.78, 5) is 36.9. The first kappa shape index (κ1) is 22.9. The molecule has 0 aliphatic rings. The zero-order chi connectivity index (χ0) is 23.7. The van der Waals surface area contributed by atoms with E-state index in [4.69, 9.17) is 5.11 Å². The van der Waals surface area contributed by atoms with Gasteiger partial charge in [-0.15, -0.1) is 0 Å². The number of phenolic OH excluding ortho intramolecular Hbond substituents is 1. The fourth-order valence-electron chi connectivity index (χ4n) is 3.63. The number of halogens is 2. The van der Waals surface area contributed by atoms with Gasteiger partial charge in [0.15, 0.2) is 11.6 Å². The predicted molar refractivity (Wildman–Crippen MR) is 113 cm³/mol. The Hall–Kier alpha value is -3.75. The molecule has 0 aliphatic heterocycles. The average molecular weight is 444 g/mol. The molecule has 0 radical (unpaired) electrons. The number of benzene rings is 2. The summed E-state index contributed by atoms with van der Waals surface area (Å²) in [6.45, 7) is 4.46. The molecule has 0 aliphatic carbocycles. The number of rotatable bonds is 6. The minimum atomic E-state index is -1.06. The van der Waals surface area contributed by atoms with Gasteiger partial charge in [-0.2, -0.15) is 0 Å². The molecule has 3 rings (SSSR count). The molecule has 3 aromatic rings. The third-order valence-electron chi connectivity index (χ3n) is 5.43. The van der Waals surface area contributed by atoms with Crippen LogP contribution in [0.25, 0.3) is 10.9 Å². The van der Waals surface area contributed by atoms with E-state index in [1.807, 2.05) is 0 Å². The van der Waals surface area contributed by atoms with Crippen molar-refractivity contribution in [2.45, 2.75) is 26.7 Å². The van der Waals surface area contributed by atoms with Crippen LogP contribution in [0.15, 0.2) is 36.4 Å². The van der Waals surface area contributed by atoms with Crippen molar-refractivity contribution in [3.63, 3.8) is 0 Å². The van der Waals surface area contributed by atoms with E-state index in [2.05, 4.69) is 5.32 Å². The summed E-state index contributed by atoms with van der Waals surface area (Å²) in [5.41, 5.74) is 0.812. The summed E-state index contributed by atoms with van der Waals surface area (Å²) in [6.07, 6.45) is 0. The number of aromatic hydroxyl groups is 1. The summed E-state index contributed by atoms with van der Waals surface area (Å²) >= 11 is 0. The van der Waals surface area contributed by atoms with E-state index in [-0.39, 0.29) is 23.0 Å². The third-order valence-corrected chi connectivity index (χ3v) is 5.43. The molecule has 32 heavy (non-hydrogen) atoms. The molecule has 1 unspecified atom stereocenters. The normalized spacial score (nSPS) is 13.0. The number of nitrogens with one attached hydrogen (secondary N) is 1. The number of carbonyl (C=O) groups excluding carboxylic acids is 2. The molecule has 9 heteroatoms. The molecule has 1 heterocycles. The molecule has 0 saturated carbocycles. The van der Waals surface area contributed by atoms with Crippen molar-refractivity contribution in [1.82, 2.24) is 9.88 Å². The van der Waals surface area contributed by atoms with Crippen molar-refractivity contribution in [1.29, 1.82) is 0 Å². The molecular weight excluding hydrogens is 422 g/mol. The lowest BCUT2D eigenvalue weighted by atomic mass is 9.96. The number of nitrogens with zero attached hydrogens (tertiary/aromatic N) is 1. The molecular formula is C23H22F2N2O5. The highest BCUT2D eigenvalue weighted by Crippen LogP contribution is 2.36. The maximum atomic E-state index is 14.2. The Morgan fingerprint density at radius 1 is 1.12 bits per heavy atom. The van der Waals surface area contributed by atoms with Crippen LogP contribution in [0.2, 0.25) is 0 Å². The molecule has 1 aromatic heterocycles. The summed E-state index contributed by atoms with van der Waals surface area (Å²) in [5.74, 6) is -6.08. The lowest BCUT2D eigenvalue weighted by Gasteiger charge is -2.15. The second-order valence-electron chi connectivity index (χ2n) is 7.68. The lowest BCUT2D eigenvalue weighted by molar-refractivity contribution is -0.141. The van der Waals surface area contributed by atoms with Gasteiger partial charge < -0.3 is 15.5 Å². The van der Waals surface area contributed by atoms with Crippen LogP contribution >= 0.6 is 0 Å². The van der Waals surface area contributed by atoms with Crippen LogP contribution in [0.1, 0.15) is 41.4 Å². The van der Waals surface area contributed by atoms with E-state index in [1.165, 1.54) is 29.7 Å². The molecule has 1 amide bonds. The predicted octanol–water partition coefficient (Wildman–Crippen LogP) is 3.56. The molecule has 0 saturated heterocycles. The molecule has 168 valence electrons. The summed E-state index contributed by atoms with van der Waals surface area (Å²) in [6, 6.07) is 7.13. The van der Waals surface area contributed by atoms with Crippen LogP contribution in [0, 0.1) is 24.5 Å². The summed E-state index contributed by atoms with van der Waals surface area (Å²) < 4.78 is 29.0. The number of aliphatic carboxylic acids is 1. The Labute approximate surface area is 182 Å². The van der Waals surface area contributed by atoms with Crippen molar-refractivity contribution >= 4 is 28.7 Å². The molecule has 0 spiro atoms. The molecule has 7 nitrogen and oxygen atoms in total. The number of carboxylic acid groups (broad SMARTS) is 1. The Kier molecular flexibility index (Phi) is 6.29. The smallest absolute Gasteiger partial charge is 0.308 e. The van der Waals surface area contributed by atoms with E-state index in [1.54, 1.807) is 13.8 Å². The molecule has 2 atom stereocenters.